The molecule has 3 N–H and O–H groups in total. The summed E-state index contributed by atoms with van der Waals surface area (Å²) in [6.07, 6.45) is 1.44. The van der Waals surface area contributed by atoms with Gasteiger partial charge in [0.05, 0.1) is 17.9 Å². The summed E-state index contributed by atoms with van der Waals surface area (Å²) < 4.78 is 34.4. The number of amides is 2. The number of carbonyl (C=O) groups excluding carboxylic acids is 2. The highest BCUT2D eigenvalue weighted by Gasteiger charge is 2.23. The molecule has 1 atom stereocenters. The molecule has 242 valence electrons. The maximum atomic E-state index is 13.3. The lowest BCUT2D eigenvalue weighted by Crippen LogP contribution is -2.38. The van der Waals surface area contributed by atoms with Gasteiger partial charge < -0.3 is 15.2 Å². The van der Waals surface area contributed by atoms with Gasteiger partial charge in [0, 0.05) is 29.4 Å². The lowest BCUT2D eigenvalue weighted by molar-refractivity contribution is -0.137. The molecule has 4 aromatic rings. The van der Waals surface area contributed by atoms with Crippen LogP contribution in [0.5, 0.6) is 0 Å². The third kappa shape index (κ3) is 9.03. The predicted octanol–water partition coefficient (Wildman–Crippen LogP) is 4.47. The Bertz CT molecular complexity index is 1810. The van der Waals surface area contributed by atoms with Crippen LogP contribution in [0.4, 0.5) is 0 Å². The van der Waals surface area contributed by atoms with Crippen molar-refractivity contribution in [3.05, 3.63) is 106 Å². The van der Waals surface area contributed by atoms with Crippen molar-refractivity contribution in [1.82, 2.24) is 19.8 Å². The fourth-order valence-electron chi connectivity index (χ4n) is 5.00. The van der Waals surface area contributed by atoms with E-state index < -0.39 is 40.5 Å². The molecule has 11 nitrogen and oxygen atoms in total. The third-order valence-electron chi connectivity index (χ3n) is 7.08. The van der Waals surface area contributed by atoms with Crippen molar-refractivity contribution < 1.29 is 32.6 Å². The number of aromatic nitrogens is 2. The number of hydrogen-bond donors (Lipinski definition) is 3. The Balaban J connectivity index is 1.53. The number of aryl methyl sites for hydroxylation is 1. The Morgan fingerprint density at radius 2 is 1.72 bits per heavy atom. The second-order valence-corrected chi connectivity index (χ2v) is 12.7. The number of nitrogens with one attached hydrogen (secondary N) is 2. The van der Waals surface area contributed by atoms with Gasteiger partial charge in [0.1, 0.15) is 12.3 Å². The summed E-state index contributed by atoms with van der Waals surface area (Å²) in [5.74, 6) is -2.31. The van der Waals surface area contributed by atoms with Crippen molar-refractivity contribution in [2.75, 3.05) is 13.7 Å². The summed E-state index contributed by atoms with van der Waals surface area (Å²) in [4.78, 5) is 36.7. The van der Waals surface area contributed by atoms with Gasteiger partial charge in [-0.15, -0.1) is 0 Å². The first kappa shape index (κ1) is 34.4. The highest BCUT2D eigenvalue weighted by molar-refractivity contribution is 7.90. The van der Waals surface area contributed by atoms with Crippen molar-refractivity contribution in [2.45, 2.75) is 50.1 Å². The molecular weight excluding hydrogens is 632 g/mol. The highest BCUT2D eigenvalue weighted by atomic mass is 35.5. The standard InChI is InChI=1S/C33H35ClN4O7S/c1-3-8-26-19-29(33(42)35-25(18-32(40)41)17-24-9-4-6-11-28(24)34)36-38(26)20-22-13-15-23(16-14-22)27-10-5-7-12-30(27)46(43,44)37-31(39)21-45-2/h4-7,9-16,19,25H,3,8,17-18,20-21H2,1-2H3,(H,35,42)(H,37,39)(H,40,41)/t25-/m1/s1. The summed E-state index contributed by atoms with van der Waals surface area (Å²) in [7, 11) is -2.84. The Morgan fingerprint density at radius 1 is 1.02 bits per heavy atom. The molecule has 0 aliphatic carbocycles. The van der Waals surface area contributed by atoms with Gasteiger partial charge in [0.25, 0.3) is 21.8 Å². The predicted molar refractivity (Wildman–Crippen MR) is 173 cm³/mol. The number of halogens is 1. The first-order chi connectivity index (χ1) is 22.0. The molecule has 1 heterocycles. The molecule has 2 amide bonds. The number of aliphatic carboxylic acids is 1. The molecule has 0 fully saturated rings. The maximum absolute atomic E-state index is 13.3. The van der Waals surface area contributed by atoms with Crippen LogP contribution in [-0.2, 0) is 43.7 Å². The molecule has 0 saturated heterocycles. The van der Waals surface area contributed by atoms with E-state index >= 15 is 0 Å². The van der Waals surface area contributed by atoms with E-state index in [1.54, 1.807) is 65.3 Å². The average Bonchev–Trinajstić information content (AvgIpc) is 3.40. The zero-order chi connectivity index (χ0) is 33.3. The lowest BCUT2D eigenvalue weighted by Gasteiger charge is -2.17. The van der Waals surface area contributed by atoms with Crippen molar-refractivity contribution in [3.8, 4) is 11.1 Å². The van der Waals surface area contributed by atoms with Crippen LogP contribution in [0.15, 0.2) is 83.8 Å². The summed E-state index contributed by atoms with van der Waals surface area (Å²) >= 11 is 6.27. The quantitative estimate of drug-likeness (QED) is 0.168. The highest BCUT2D eigenvalue weighted by Crippen LogP contribution is 2.28. The number of ether oxygens (including phenoxy) is 1. The molecule has 13 heteroatoms. The molecule has 46 heavy (non-hydrogen) atoms. The van der Waals surface area contributed by atoms with E-state index in [4.69, 9.17) is 16.3 Å². The van der Waals surface area contributed by atoms with Crippen LogP contribution in [0.1, 0.15) is 47.1 Å². The normalized spacial score (nSPS) is 12.0. The molecule has 0 radical (unpaired) electrons. The number of hydrogen-bond acceptors (Lipinski definition) is 7. The van der Waals surface area contributed by atoms with Gasteiger partial charge in [0.15, 0.2) is 0 Å². The van der Waals surface area contributed by atoms with Crippen LogP contribution in [0.3, 0.4) is 0 Å². The van der Waals surface area contributed by atoms with Crippen LogP contribution in [0.2, 0.25) is 5.02 Å². The zero-order valence-corrected chi connectivity index (χ0v) is 27.0. The van der Waals surface area contributed by atoms with Gasteiger partial charge >= 0.3 is 5.97 Å². The number of rotatable bonds is 15. The second-order valence-electron chi connectivity index (χ2n) is 10.6. The molecule has 0 aliphatic rings. The molecule has 0 unspecified atom stereocenters. The van der Waals surface area contributed by atoms with E-state index in [1.807, 2.05) is 23.8 Å². The van der Waals surface area contributed by atoms with Crippen LogP contribution < -0.4 is 10.0 Å². The first-order valence-electron chi connectivity index (χ1n) is 14.6. The second kappa shape index (κ2) is 15.7. The molecule has 0 spiro atoms. The zero-order valence-electron chi connectivity index (χ0n) is 25.4. The van der Waals surface area contributed by atoms with Gasteiger partial charge in [-0.1, -0.05) is 85.6 Å². The van der Waals surface area contributed by atoms with E-state index in [-0.39, 0.29) is 23.4 Å². The van der Waals surface area contributed by atoms with E-state index in [1.165, 1.54) is 13.2 Å². The topological polar surface area (TPSA) is 157 Å². The fraction of sp³-hybridized carbons (Fsp3) is 0.273. The Hall–Kier alpha value is -4.52. The van der Waals surface area contributed by atoms with Crippen molar-refractivity contribution in [3.63, 3.8) is 0 Å². The largest absolute Gasteiger partial charge is 0.481 e. The van der Waals surface area contributed by atoms with Crippen LogP contribution in [0.25, 0.3) is 11.1 Å². The molecule has 0 aliphatic heterocycles. The molecule has 1 aromatic heterocycles. The van der Waals surface area contributed by atoms with Gasteiger partial charge in [-0.25, -0.2) is 13.1 Å². The molecule has 4 rings (SSSR count). The van der Waals surface area contributed by atoms with Crippen LogP contribution in [-0.4, -0.2) is 60.8 Å². The van der Waals surface area contributed by atoms with Crippen LogP contribution >= 0.6 is 11.6 Å². The van der Waals surface area contributed by atoms with E-state index in [0.29, 0.717) is 29.1 Å². The number of methoxy groups -OCH3 is 1. The van der Waals surface area contributed by atoms with Crippen molar-refractivity contribution in [2.24, 2.45) is 0 Å². The molecule has 3 aromatic carbocycles. The minimum absolute atomic E-state index is 0.0455. The molecular formula is C33H35ClN4O7S. The SMILES string of the molecule is CCCc1cc(C(=O)N[C@@H](CC(=O)O)Cc2ccccc2Cl)nn1Cc1ccc(-c2ccccc2S(=O)(=O)NC(=O)COC)cc1. The Morgan fingerprint density at radius 3 is 2.39 bits per heavy atom. The summed E-state index contributed by atoms with van der Waals surface area (Å²) in [6, 6.07) is 21.7. The number of carbonyl (C=O) groups is 3. The van der Waals surface area contributed by atoms with E-state index in [9.17, 15) is 27.9 Å². The maximum Gasteiger partial charge on any atom is 0.305 e. The van der Waals surface area contributed by atoms with E-state index in [2.05, 4.69) is 10.4 Å². The minimum atomic E-state index is -4.14. The number of nitrogens with zero attached hydrogens (tertiary/aromatic N) is 2. The Labute approximate surface area is 272 Å². The van der Waals surface area contributed by atoms with Gasteiger partial charge in [-0.2, -0.15) is 5.10 Å². The number of benzene rings is 3. The monoisotopic (exact) mass is 666 g/mol. The van der Waals surface area contributed by atoms with Gasteiger partial charge in [-0.05, 0) is 47.7 Å². The van der Waals surface area contributed by atoms with Crippen LogP contribution in [0, 0.1) is 0 Å². The number of carboxylic acids is 1. The number of carboxylic acid groups (broad SMARTS) is 1. The number of sulfonamides is 1. The molecule has 0 bridgehead atoms. The third-order valence-corrected chi connectivity index (χ3v) is 8.88. The van der Waals surface area contributed by atoms with Crippen molar-refractivity contribution in [1.29, 1.82) is 0 Å². The minimum Gasteiger partial charge on any atom is -0.481 e. The summed E-state index contributed by atoms with van der Waals surface area (Å²) in [6.45, 7) is 1.97. The first-order valence-corrected chi connectivity index (χ1v) is 16.4. The summed E-state index contributed by atoms with van der Waals surface area (Å²) in [5, 5.41) is 17.3. The fourth-order valence-corrected chi connectivity index (χ4v) is 6.42. The Kier molecular flexibility index (Phi) is 11.7. The molecule has 0 saturated carbocycles. The lowest BCUT2D eigenvalue weighted by atomic mass is 10.0. The van der Waals surface area contributed by atoms with Gasteiger partial charge in [-0.3, -0.25) is 19.1 Å². The smallest absolute Gasteiger partial charge is 0.305 e. The van der Waals surface area contributed by atoms with E-state index in [0.717, 1.165) is 23.2 Å². The van der Waals surface area contributed by atoms with Crippen molar-refractivity contribution >= 4 is 39.4 Å². The summed E-state index contributed by atoms with van der Waals surface area (Å²) in [5.41, 5.74) is 3.63. The average molecular weight is 667 g/mol. The van der Waals surface area contributed by atoms with Gasteiger partial charge in [0.2, 0.25) is 0 Å².